The first-order valence-corrected chi connectivity index (χ1v) is 7.21. The van der Waals surface area contributed by atoms with Crippen molar-refractivity contribution < 1.29 is 4.74 Å². The molecule has 1 unspecified atom stereocenters. The number of aromatic amines is 1. The molecule has 4 nitrogen and oxygen atoms in total. The predicted octanol–water partition coefficient (Wildman–Crippen LogP) is 2.36. The maximum absolute atomic E-state index is 11.8. The van der Waals surface area contributed by atoms with Crippen molar-refractivity contribution in [2.24, 2.45) is 0 Å². The van der Waals surface area contributed by atoms with Gasteiger partial charge in [-0.25, -0.2) is 0 Å². The molecule has 0 aliphatic carbocycles. The molecule has 2 N–H and O–H groups in total. The van der Waals surface area contributed by atoms with Crippen molar-refractivity contribution in [1.82, 2.24) is 10.3 Å². The number of fused-ring (bicyclic) bond motifs is 1. The van der Waals surface area contributed by atoms with E-state index < -0.39 is 0 Å². The number of H-pyrrole nitrogens is 1. The number of nitrogens with one attached hydrogen (secondary N) is 2. The van der Waals surface area contributed by atoms with E-state index in [1.807, 2.05) is 30.5 Å². The third kappa shape index (κ3) is 2.62. The zero-order valence-electron chi connectivity index (χ0n) is 11.7. The van der Waals surface area contributed by atoms with Crippen molar-refractivity contribution in [3.63, 3.8) is 0 Å². The summed E-state index contributed by atoms with van der Waals surface area (Å²) in [7, 11) is 0. The smallest absolute Gasteiger partial charge is 0.255 e. The van der Waals surface area contributed by atoms with Crippen molar-refractivity contribution in [3.05, 3.63) is 46.4 Å². The number of hydrogen-bond donors (Lipinski definition) is 2. The van der Waals surface area contributed by atoms with Crippen molar-refractivity contribution in [2.75, 3.05) is 13.2 Å². The summed E-state index contributed by atoms with van der Waals surface area (Å²) in [6.45, 7) is 3.85. The van der Waals surface area contributed by atoms with Gasteiger partial charge in [0.2, 0.25) is 0 Å². The van der Waals surface area contributed by atoms with Crippen LogP contribution in [0.25, 0.3) is 10.8 Å². The molecule has 0 bridgehead atoms. The average molecular weight is 272 g/mol. The molecule has 0 saturated carbocycles. The number of hydrogen-bond acceptors (Lipinski definition) is 3. The van der Waals surface area contributed by atoms with Gasteiger partial charge in [-0.3, -0.25) is 4.79 Å². The molecule has 1 aliphatic heterocycles. The molecule has 2 aromatic rings. The molecule has 1 aromatic carbocycles. The second-order valence-corrected chi connectivity index (χ2v) is 5.38. The predicted molar refractivity (Wildman–Crippen MR) is 80.0 cm³/mol. The lowest BCUT2D eigenvalue weighted by atomic mass is 10.0. The van der Waals surface area contributed by atoms with E-state index in [-0.39, 0.29) is 11.6 Å². The van der Waals surface area contributed by atoms with Crippen LogP contribution in [0.4, 0.5) is 0 Å². The Kier molecular flexibility index (Phi) is 3.85. The molecule has 0 amide bonds. The Bertz CT molecular complexity index is 644. The molecule has 3 rings (SSSR count). The maximum atomic E-state index is 11.8. The third-order valence-electron chi connectivity index (χ3n) is 3.98. The first-order chi connectivity index (χ1) is 9.75. The molecule has 2 atom stereocenters. The summed E-state index contributed by atoms with van der Waals surface area (Å²) in [6.07, 6.45) is 4.43. The second-order valence-electron chi connectivity index (χ2n) is 5.38. The highest BCUT2D eigenvalue weighted by atomic mass is 16.5. The normalized spacial score (nSPS) is 20.4. The van der Waals surface area contributed by atoms with Crippen LogP contribution in [-0.2, 0) is 4.74 Å². The summed E-state index contributed by atoms with van der Waals surface area (Å²) >= 11 is 0. The molecule has 4 heteroatoms. The number of benzene rings is 1. The van der Waals surface area contributed by atoms with E-state index in [0.717, 1.165) is 42.3 Å². The van der Waals surface area contributed by atoms with E-state index >= 15 is 0 Å². The van der Waals surface area contributed by atoms with Crippen molar-refractivity contribution in [3.8, 4) is 0 Å². The number of ether oxygens (including phenoxy) is 1. The van der Waals surface area contributed by atoms with Crippen molar-refractivity contribution in [1.29, 1.82) is 0 Å². The van der Waals surface area contributed by atoms with Gasteiger partial charge in [0.1, 0.15) is 0 Å². The fourth-order valence-corrected chi connectivity index (χ4v) is 2.81. The summed E-state index contributed by atoms with van der Waals surface area (Å²) in [6, 6.07) is 7.92. The maximum Gasteiger partial charge on any atom is 0.255 e. The molecule has 1 fully saturated rings. The molecule has 2 heterocycles. The highest BCUT2D eigenvalue weighted by Gasteiger charge is 2.17. The SMILES string of the molecule is CC(NC[C@H]1CCCO1)c1c[nH]c(=O)c2ccccc12. The Morgan fingerprint density at radius 1 is 1.40 bits per heavy atom. The minimum absolute atomic E-state index is 0.0318. The van der Waals surface area contributed by atoms with Gasteiger partial charge in [0, 0.05) is 30.8 Å². The first-order valence-electron chi connectivity index (χ1n) is 7.21. The standard InChI is InChI=1S/C16H20N2O2/c1-11(17-9-12-5-4-8-20-12)15-10-18-16(19)14-7-3-2-6-13(14)15/h2-3,6-7,10-12,17H,4-5,8-9H2,1H3,(H,18,19)/t11?,12-/m1/s1. The molecule has 1 aromatic heterocycles. The Hall–Kier alpha value is -1.65. The summed E-state index contributed by atoms with van der Waals surface area (Å²) in [5.41, 5.74) is 1.09. The molecule has 106 valence electrons. The van der Waals surface area contributed by atoms with Gasteiger partial charge in [-0.05, 0) is 36.8 Å². The van der Waals surface area contributed by atoms with Gasteiger partial charge in [-0.1, -0.05) is 18.2 Å². The largest absolute Gasteiger partial charge is 0.377 e. The van der Waals surface area contributed by atoms with E-state index in [2.05, 4.69) is 17.2 Å². The van der Waals surface area contributed by atoms with Crippen LogP contribution < -0.4 is 10.9 Å². The van der Waals surface area contributed by atoms with Gasteiger partial charge in [0.05, 0.1) is 6.10 Å². The van der Waals surface area contributed by atoms with Crippen LogP contribution >= 0.6 is 0 Å². The van der Waals surface area contributed by atoms with Crippen molar-refractivity contribution >= 4 is 10.8 Å². The van der Waals surface area contributed by atoms with Gasteiger partial charge in [-0.15, -0.1) is 0 Å². The number of pyridine rings is 1. The first kappa shape index (κ1) is 13.3. The minimum atomic E-state index is -0.0318. The van der Waals surface area contributed by atoms with E-state index in [1.165, 1.54) is 0 Å². The fourth-order valence-electron chi connectivity index (χ4n) is 2.81. The Labute approximate surface area is 118 Å². The summed E-state index contributed by atoms with van der Waals surface area (Å²) < 4.78 is 5.63. The van der Waals surface area contributed by atoms with Crippen LogP contribution in [0.2, 0.25) is 0 Å². The number of rotatable bonds is 4. The lowest BCUT2D eigenvalue weighted by Gasteiger charge is -2.18. The van der Waals surface area contributed by atoms with Crippen LogP contribution in [0, 0.1) is 0 Å². The van der Waals surface area contributed by atoms with Gasteiger partial charge in [0.15, 0.2) is 0 Å². The van der Waals surface area contributed by atoms with Gasteiger partial charge < -0.3 is 15.0 Å². The minimum Gasteiger partial charge on any atom is -0.377 e. The highest BCUT2D eigenvalue weighted by Crippen LogP contribution is 2.21. The summed E-state index contributed by atoms with van der Waals surface area (Å²) in [5.74, 6) is 0. The quantitative estimate of drug-likeness (QED) is 0.898. The van der Waals surface area contributed by atoms with Gasteiger partial charge in [-0.2, -0.15) is 0 Å². The van der Waals surface area contributed by atoms with E-state index in [1.54, 1.807) is 0 Å². The van der Waals surface area contributed by atoms with Gasteiger partial charge in [0.25, 0.3) is 5.56 Å². The van der Waals surface area contributed by atoms with Crippen LogP contribution in [0.3, 0.4) is 0 Å². The average Bonchev–Trinajstić information content (AvgIpc) is 2.99. The summed E-state index contributed by atoms with van der Waals surface area (Å²) in [5, 5.41) is 5.27. The van der Waals surface area contributed by atoms with Gasteiger partial charge >= 0.3 is 0 Å². The zero-order valence-corrected chi connectivity index (χ0v) is 11.7. The van der Waals surface area contributed by atoms with Crippen molar-refractivity contribution in [2.45, 2.75) is 31.9 Å². The second kappa shape index (κ2) is 5.77. The van der Waals surface area contributed by atoms with Crippen LogP contribution in [0.15, 0.2) is 35.3 Å². The van der Waals surface area contributed by atoms with E-state index in [0.29, 0.717) is 6.10 Å². The fraction of sp³-hybridized carbons (Fsp3) is 0.438. The lowest BCUT2D eigenvalue weighted by molar-refractivity contribution is 0.108. The van der Waals surface area contributed by atoms with Crippen LogP contribution in [0.5, 0.6) is 0 Å². The molecule has 20 heavy (non-hydrogen) atoms. The molecule has 1 aliphatic rings. The zero-order chi connectivity index (χ0) is 13.9. The van der Waals surface area contributed by atoms with E-state index in [9.17, 15) is 4.79 Å². The Morgan fingerprint density at radius 2 is 2.20 bits per heavy atom. The topological polar surface area (TPSA) is 54.1 Å². The van der Waals surface area contributed by atoms with E-state index in [4.69, 9.17) is 4.74 Å². The molecule has 1 saturated heterocycles. The van der Waals surface area contributed by atoms with Crippen LogP contribution in [-0.4, -0.2) is 24.2 Å². The highest BCUT2D eigenvalue weighted by molar-refractivity contribution is 5.84. The molecule has 0 spiro atoms. The number of aromatic nitrogens is 1. The molecular formula is C16H20N2O2. The Morgan fingerprint density at radius 3 is 2.95 bits per heavy atom. The summed E-state index contributed by atoms with van der Waals surface area (Å²) in [4.78, 5) is 14.6. The third-order valence-corrected chi connectivity index (χ3v) is 3.98. The Balaban J connectivity index is 1.82. The lowest BCUT2D eigenvalue weighted by Crippen LogP contribution is -2.29. The monoisotopic (exact) mass is 272 g/mol. The van der Waals surface area contributed by atoms with Crippen LogP contribution in [0.1, 0.15) is 31.4 Å². The molecular weight excluding hydrogens is 252 g/mol. The molecule has 0 radical (unpaired) electrons.